The van der Waals surface area contributed by atoms with Crippen molar-refractivity contribution in [2.45, 2.75) is 31.5 Å². The predicted octanol–water partition coefficient (Wildman–Crippen LogP) is 0.928. The zero-order valence-electron chi connectivity index (χ0n) is 12.0. The van der Waals surface area contributed by atoms with Crippen LogP contribution in [-0.4, -0.2) is 42.9 Å². The van der Waals surface area contributed by atoms with Gasteiger partial charge in [-0.15, -0.1) is 0 Å². The van der Waals surface area contributed by atoms with Crippen molar-refractivity contribution in [3.05, 3.63) is 29.8 Å². The van der Waals surface area contributed by atoms with E-state index in [9.17, 15) is 9.90 Å². The van der Waals surface area contributed by atoms with Gasteiger partial charge in [0.2, 0.25) is 0 Å². The molecule has 2 aliphatic rings. The van der Waals surface area contributed by atoms with Gasteiger partial charge in [0.25, 0.3) is 5.91 Å². The number of aliphatic hydroxyl groups is 1. The molecule has 3 rings (SSSR count). The Morgan fingerprint density at radius 3 is 2.62 bits per heavy atom. The van der Waals surface area contributed by atoms with E-state index in [1.54, 1.807) is 12.1 Å². The molecular weight excluding hydrogens is 268 g/mol. The number of aliphatic hydroxyl groups excluding tert-OH is 1. The second kappa shape index (κ2) is 6.45. The van der Waals surface area contributed by atoms with E-state index in [0.717, 1.165) is 25.1 Å². The molecule has 5 heteroatoms. The number of ether oxygens (including phenoxy) is 1. The zero-order valence-corrected chi connectivity index (χ0v) is 12.0. The first kappa shape index (κ1) is 14.4. The lowest BCUT2D eigenvalue weighted by atomic mass is 9.96. The predicted molar refractivity (Wildman–Crippen MR) is 79.4 cm³/mol. The van der Waals surface area contributed by atoms with E-state index < -0.39 is 0 Å². The summed E-state index contributed by atoms with van der Waals surface area (Å²) in [7, 11) is 0. The fourth-order valence-electron chi connectivity index (χ4n) is 2.62. The number of hydrogen-bond donors (Lipinski definition) is 3. The normalized spacial score (nSPS) is 25.4. The van der Waals surface area contributed by atoms with Crippen LogP contribution in [0.4, 0.5) is 0 Å². The highest BCUT2D eigenvalue weighted by molar-refractivity contribution is 5.94. The molecule has 1 aromatic rings. The molecule has 0 bridgehead atoms. The second-order valence-corrected chi connectivity index (χ2v) is 5.89. The van der Waals surface area contributed by atoms with E-state index in [1.807, 2.05) is 12.1 Å². The van der Waals surface area contributed by atoms with Gasteiger partial charge in [0.1, 0.15) is 5.75 Å². The number of benzene rings is 1. The van der Waals surface area contributed by atoms with Crippen molar-refractivity contribution < 1.29 is 14.6 Å². The molecule has 1 heterocycles. The largest absolute Gasteiger partial charge is 0.490 e. The standard InChI is InChI=1S/C16H22N2O3/c19-15-10-17-8-12(15)9-18-16(20)11-4-6-14(7-5-11)21-13-2-1-3-13/h4-7,12-13,15,17,19H,1-3,8-10H2,(H,18,20). The van der Waals surface area contributed by atoms with Gasteiger partial charge in [0.05, 0.1) is 12.2 Å². The van der Waals surface area contributed by atoms with Crippen molar-refractivity contribution in [3.8, 4) is 5.75 Å². The highest BCUT2D eigenvalue weighted by atomic mass is 16.5. The molecule has 2 fully saturated rings. The summed E-state index contributed by atoms with van der Waals surface area (Å²) in [6.45, 7) is 1.84. The summed E-state index contributed by atoms with van der Waals surface area (Å²) in [5.74, 6) is 0.811. The zero-order chi connectivity index (χ0) is 14.7. The third-order valence-corrected chi connectivity index (χ3v) is 4.30. The molecule has 21 heavy (non-hydrogen) atoms. The van der Waals surface area contributed by atoms with E-state index in [2.05, 4.69) is 10.6 Å². The van der Waals surface area contributed by atoms with Crippen molar-refractivity contribution in [2.24, 2.45) is 5.92 Å². The first-order valence-electron chi connectivity index (χ1n) is 7.66. The van der Waals surface area contributed by atoms with Gasteiger partial charge in [-0.05, 0) is 43.5 Å². The van der Waals surface area contributed by atoms with Gasteiger partial charge in [-0.3, -0.25) is 4.79 Å². The summed E-state index contributed by atoms with van der Waals surface area (Å²) in [6.07, 6.45) is 3.47. The van der Waals surface area contributed by atoms with Gasteiger partial charge < -0.3 is 20.5 Å². The van der Waals surface area contributed by atoms with Gasteiger partial charge in [0, 0.05) is 31.1 Å². The van der Waals surface area contributed by atoms with Crippen LogP contribution < -0.4 is 15.4 Å². The number of carbonyl (C=O) groups is 1. The van der Waals surface area contributed by atoms with Crippen LogP contribution in [0.25, 0.3) is 0 Å². The highest BCUT2D eigenvalue weighted by Gasteiger charge is 2.25. The Kier molecular flexibility index (Phi) is 4.41. The Morgan fingerprint density at radius 1 is 1.29 bits per heavy atom. The van der Waals surface area contributed by atoms with Gasteiger partial charge in [-0.2, -0.15) is 0 Å². The Bertz CT molecular complexity index is 485. The van der Waals surface area contributed by atoms with Crippen molar-refractivity contribution in [1.82, 2.24) is 10.6 Å². The molecule has 1 amide bonds. The number of nitrogens with one attached hydrogen (secondary N) is 2. The maximum atomic E-state index is 12.1. The fraction of sp³-hybridized carbons (Fsp3) is 0.562. The van der Waals surface area contributed by atoms with Crippen LogP contribution in [0.15, 0.2) is 24.3 Å². The lowest BCUT2D eigenvalue weighted by Crippen LogP contribution is -2.34. The van der Waals surface area contributed by atoms with Crippen LogP contribution in [0.5, 0.6) is 5.75 Å². The molecule has 2 atom stereocenters. The monoisotopic (exact) mass is 290 g/mol. The van der Waals surface area contributed by atoms with Crippen molar-refractivity contribution >= 4 is 5.91 Å². The van der Waals surface area contributed by atoms with Crippen molar-refractivity contribution in [2.75, 3.05) is 19.6 Å². The Labute approximate surface area is 124 Å². The highest BCUT2D eigenvalue weighted by Crippen LogP contribution is 2.25. The van der Waals surface area contributed by atoms with E-state index in [0.29, 0.717) is 24.8 Å². The molecule has 5 nitrogen and oxygen atoms in total. The molecule has 1 aliphatic heterocycles. The molecule has 114 valence electrons. The van der Waals surface area contributed by atoms with E-state index in [4.69, 9.17) is 4.74 Å². The Morgan fingerprint density at radius 2 is 2.05 bits per heavy atom. The van der Waals surface area contributed by atoms with Gasteiger partial charge in [-0.25, -0.2) is 0 Å². The third kappa shape index (κ3) is 3.54. The van der Waals surface area contributed by atoms with Gasteiger partial charge in [-0.1, -0.05) is 0 Å². The number of β-amino-alcohol motifs (C(OH)–C–C–N with tert-alkyl or cyclic N) is 1. The lowest BCUT2D eigenvalue weighted by molar-refractivity contribution is 0.0927. The topological polar surface area (TPSA) is 70.6 Å². The first-order valence-corrected chi connectivity index (χ1v) is 7.66. The van der Waals surface area contributed by atoms with Gasteiger partial charge >= 0.3 is 0 Å². The SMILES string of the molecule is O=C(NCC1CNCC1O)c1ccc(OC2CCC2)cc1. The molecule has 0 spiro atoms. The summed E-state index contributed by atoms with van der Waals surface area (Å²) < 4.78 is 5.77. The average molecular weight is 290 g/mol. The van der Waals surface area contributed by atoms with Crippen LogP contribution in [0.2, 0.25) is 0 Å². The van der Waals surface area contributed by atoms with Crippen LogP contribution in [0.1, 0.15) is 29.6 Å². The fourth-order valence-corrected chi connectivity index (χ4v) is 2.62. The van der Waals surface area contributed by atoms with Crippen LogP contribution in [-0.2, 0) is 0 Å². The molecule has 1 aliphatic carbocycles. The quantitative estimate of drug-likeness (QED) is 0.754. The molecule has 1 saturated heterocycles. The number of amides is 1. The summed E-state index contributed by atoms with van der Waals surface area (Å²) in [6, 6.07) is 7.26. The summed E-state index contributed by atoms with van der Waals surface area (Å²) in [5.41, 5.74) is 0.622. The Balaban J connectivity index is 1.49. The molecule has 0 aromatic heterocycles. The Hall–Kier alpha value is -1.59. The van der Waals surface area contributed by atoms with E-state index in [-0.39, 0.29) is 17.9 Å². The smallest absolute Gasteiger partial charge is 0.251 e. The second-order valence-electron chi connectivity index (χ2n) is 5.89. The van der Waals surface area contributed by atoms with E-state index in [1.165, 1.54) is 6.42 Å². The molecule has 1 aromatic carbocycles. The molecular formula is C16H22N2O3. The maximum absolute atomic E-state index is 12.1. The lowest BCUT2D eigenvalue weighted by Gasteiger charge is -2.26. The number of hydrogen-bond acceptors (Lipinski definition) is 4. The van der Waals surface area contributed by atoms with Crippen LogP contribution >= 0.6 is 0 Å². The van der Waals surface area contributed by atoms with Crippen molar-refractivity contribution in [3.63, 3.8) is 0 Å². The summed E-state index contributed by atoms with van der Waals surface area (Å²) >= 11 is 0. The summed E-state index contributed by atoms with van der Waals surface area (Å²) in [4.78, 5) is 12.1. The molecule has 1 saturated carbocycles. The molecule has 3 N–H and O–H groups in total. The third-order valence-electron chi connectivity index (χ3n) is 4.30. The minimum atomic E-state index is -0.372. The minimum absolute atomic E-state index is 0.0928. The number of carbonyl (C=O) groups excluding carboxylic acids is 1. The maximum Gasteiger partial charge on any atom is 0.251 e. The average Bonchev–Trinajstić information content (AvgIpc) is 2.86. The van der Waals surface area contributed by atoms with E-state index >= 15 is 0 Å². The number of rotatable bonds is 5. The van der Waals surface area contributed by atoms with Crippen molar-refractivity contribution in [1.29, 1.82) is 0 Å². The summed E-state index contributed by atoms with van der Waals surface area (Å²) in [5, 5.41) is 15.7. The first-order chi connectivity index (χ1) is 10.2. The van der Waals surface area contributed by atoms with Gasteiger partial charge in [0.15, 0.2) is 0 Å². The molecule has 0 radical (unpaired) electrons. The minimum Gasteiger partial charge on any atom is -0.490 e. The molecule has 2 unspecified atom stereocenters. The van der Waals surface area contributed by atoms with Crippen LogP contribution in [0, 0.1) is 5.92 Å². The van der Waals surface area contributed by atoms with Crippen LogP contribution in [0.3, 0.4) is 0 Å².